The topological polar surface area (TPSA) is 73.8 Å². The summed E-state index contributed by atoms with van der Waals surface area (Å²) in [6.45, 7) is 4.01. The number of hydrogen-bond donors (Lipinski definition) is 0. The number of aryl methyl sites for hydroxylation is 2. The van der Waals surface area contributed by atoms with E-state index in [1.807, 2.05) is 47.7 Å². The minimum Gasteiger partial charge on any atom is -0.497 e. The summed E-state index contributed by atoms with van der Waals surface area (Å²) < 4.78 is 9.00. The molecule has 0 radical (unpaired) electrons. The SMILES string of the molecule is COc1ccc2c(C)cc3nnc(SCc4cc(=O)n5cc(C)ccc5n4)n3c2c1. The normalized spacial score (nSPS) is 11.6. The zero-order chi connectivity index (χ0) is 20.8. The largest absolute Gasteiger partial charge is 0.497 e. The van der Waals surface area contributed by atoms with Crippen LogP contribution >= 0.6 is 11.8 Å². The van der Waals surface area contributed by atoms with Crippen LogP contribution in [0.15, 0.2) is 58.6 Å². The lowest BCUT2D eigenvalue weighted by Gasteiger charge is -2.09. The highest BCUT2D eigenvalue weighted by Gasteiger charge is 2.13. The summed E-state index contributed by atoms with van der Waals surface area (Å²) in [5.41, 5.74) is 5.16. The summed E-state index contributed by atoms with van der Waals surface area (Å²) >= 11 is 1.50. The van der Waals surface area contributed by atoms with Gasteiger partial charge in [0.15, 0.2) is 10.8 Å². The van der Waals surface area contributed by atoms with E-state index >= 15 is 0 Å². The predicted molar refractivity (Wildman–Crippen MR) is 118 cm³/mol. The molecule has 0 N–H and O–H groups in total. The highest BCUT2D eigenvalue weighted by atomic mass is 32.2. The van der Waals surface area contributed by atoms with Crippen LogP contribution in [0.3, 0.4) is 0 Å². The number of nitrogens with zero attached hydrogens (tertiary/aromatic N) is 5. The number of pyridine rings is 2. The van der Waals surface area contributed by atoms with Crippen LogP contribution in [0.5, 0.6) is 5.75 Å². The van der Waals surface area contributed by atoms with Gasteiger partial charge in [0.1, 0.15) is 11.4 Å². The van der Waals surface area contributed by atoms with Gasteiger partial charge in [-0.25, -0.2) is 4.98 Å². The minimum atomic E-state index is -0.0868. The minimum absolute atomic E-state index is 0.0868. The number of fused-ring (bicyclic) bond motifs is 4. The number of benzene rings is 1. The van der Waals surface area contributed by atoms with E-state index in [4.69, 9.17) is 4.74 Å². The van der Waals surface area contributed by atoms with Gasteiger partial charge in [0.2, 0.25) is 0 Å². The fourth-order valence-electron chi connectivity index (χ4n) is 3.59. The number of thioether (sulfide) groups is 1. The molecule has 0 atom stereocenters. The fourth-order valence-corrected chi connectivity index (χ4v) is 4.44. The van der Waals surface area contributed by atoms with Gasteiger partial charge in [-0.3, -0.25) is 13.6 Å². The summed E-state index contributed by atoms with van der Waals surface area (Å²) in [5, 5.41) is 10.6. The summed E-state index contributed by atoms with van der Waals surface area (Å²) in [7, 11) is 1.65. The molecule has 0 bridgehead atoms. The maximum Gasteiger partial charge on any atom is 0.258 e. The molecule has 7 nitrogen and oxygen atoms in total. The van der Waals surface area contributed by atoms with E-state index in [1.165, 1.54) is 11.8 Å². The van der Waals surface area contributed by atoms with Gasteiger partial charge in [-0.15, -0.1) is 10.2 Å². The third-order valence-corrected chi connectivity index (χ3v) is 6.05. The van der Waals surface area contributed by atoms with Gasteiger partial charge in [-0.05, 0) is 49.2 Å². The molecule has 4 aromatic heterocycles. The molecule has 30 heavy (non-hydrogen) atoms. The summed E-state index contributed by atoms with van der Waals surface area (Å²) in [6.07, 6.45) is 1.80. The molecule has 0 aliphatic heterocycles. The molecule has 1 aromatic carbocycles. The summed E-state index contributed by atoms with van der Waals surface area (Å²) in [6, 6.07) is 13.4. The average molecular weight is 417 g/mol. The van der Waals surface area contributed by atoms with Crippen molar-refractivity contribution >= 4 is 34.0 Å². The van der Waals surface area contributed by atoms with Crippen LogP contribution < -0.4 is 10.3 Å². The Morgan fingerprint density at radius 3 is 2.73 bits per heavy atom. The maximum absolute atomic E-state index is 12.5. The Bertz CT molecular complexity index is 1490. The second-order valence-corrected chi connectivity index (χ2v) is 8.14. The van der Waals surface area contributed by atoms with Gasteiger partial charge in [0.25, 0.3) is 5.56 Å². The molecule has 0 saturated heterocycles. The van der Waals surface area contributed by atoms with Crippen molar-refractivity contribution in [2.75, 3.05) is 7.11 Å². The van der Waals surface area contributed by atoms with Crippen molar-refractivity contribution in [2.45, 2.75) is 24.8 Å². The van der Waals surface area contributed by atoms with E-state index in [1.54, 1.807) is 23.8 Å². The van der Waals surface area contributed by atoms with Gasteiger partial charge in [0.05, 0.1) is 18.3 Å². The third-order valence-electron chi connectivity index (χ3n) is 5.08. The van der Waals surface area contributed by atoms with Gasteiger partial charge in [-0.1, -0.05) is 17.8 Å². The summed E-state index contributed by atoms with van der Waals surface area (Å²) in [4.78, 5) is 17.1. The number of aromatic nitrogens is 5. The highest BCUT2D eigenvalue weighted by Crippen LogP contribution is 2.29. The molecule has 4 heterocycles. The maximum atomic E-state index is 12.5. The number of hydrogen-bond acceptors (Lipinski definition) is 6. The van der Waals surface area contributed by atoms with Crippen molar-refractivity contribution in [3.8, 4) is 5.75 Å². The molecule has 0 amide bonds. The molecule has 5 aromatic rings. The molecule has 8 heteroatoms. The van der Waals surface area contributed by atoms with Crippen LogP contribution in [-0.2, 0) is 5.75 Å². The van der Waals surface area contributed by atoms with Crippen molar-refractivity contribution < 1.29 is 4.74 Å². The molecular weight excluding hydrogens is 398 g/mol. The standard InChI is InChI=1S/C22H19N5O2S/c1-13-4-7-19-23-15(9-21(28)26(19)11-13)12-30-22-25-24-20-8-14(2)17-6-5-16(29-3)10-18(17)27(20)22/h4-11H,12H2,1-3H3. The van der Waals surface area contributed by atoms with Crippen LogP contribution in [0.4, 0.5) is 0 Å². The lowest BCUT2D eigenvalue weighted by molar-refractivity contribution is 0.415. The van der Waals surface area contributed by atoms with Crippen molar-refractivity contribution in [3.63, 3.8) is 0 Å². The molecule has 5 rings (SSSR count). The third kappa shape index (κ3) is 3.09. The monoisotopic (exact) mass is 417 g/mol. The second-order valence-electron chi connectivity index (χ2n) is 7.20. The van der Waals surface area contributed by atoms with Crippen molar-refractivity contribution in [1.82, 2.24) is 24.0 Å². The Kier molecular flexibility index (Phi) is 4.43. The van der Waals surface area contributed by atoms with Crippen LogP contribution in [0.1, 0.15) is 16.8 Å². The first-order valence-electron chi connectivity index (χ1n) is 9.48. The van der Waals surface area contributed by atoms with E-state index < -0.39 is 0 Å². The molecule has 0 aliphatic carbocycles. The van der Waals surface area contributed by atoms with Crippen LogP contribution in [0.25, 0.3) is 22.2 Å². The Labute approximate surface area is 176 Å². The molecular formula is C22H19N5O2S. The van der Waals surface area contributed by atoms with E-state index in [0.717, 1.165) is 38.6 Å². The lowest BCUT2D eigenvalue weighted by Crippen LogP contribution is -2.15. The van der Waals surface area contributed by atoms with Crippen molar-refractivity contribution in [2.24, 2.45) is 0 Å². The van der Waals surface area contributed by atoms with Crippen LogP contribution in [0, 0.1) is 13.8 Å². The van der Waals surface area contributed by atoms with E-state index in [-0.39, 0.29) is 5.56 Å². The zero-order valence-electron chi connectivity index (χ0n) is 16.8. The second kappa shape index (κ2) is 7.14. The van der Waals surface area contributed by atoms with Gasteiger partial charge >= 0.3 is 0 Å². The number of methoxy groups -OCH3 is 1. The zero-order valence-corrected chi connectivity index (χ0v) is 17.6. The van der Waals surface area contributed by atoms with E-state index in [9.17, 15) is 4.79 Å². The first-order valence-corrected chi connectivity index (χ1v) is 10.5. The van der Waals surface area contributed by atoms with Crippen LogP contribution in [-0.4, -0.2) is 31.1 Å². The highest BCUT2D eigenvalue weighted by molar-refractivity contribution is 7.98. The Hall–Kier alpha value is -3.39. The Morgan fingerprint density at radius 2 is 1.90 bits per heavy atom. The Balaban J connectivity index is 1.56. The van der Waals surface area contributed by atoms with Crippen molar-refractivity contribution in [3.05, 3.63) is 75.8 Å². The first kappa shape index (κ1) is 18.6. The van der Waals surface area contributed by atoms with Crippen LogP contribution in [0.2, 0.25) is 0 Å². The van der Waals surface area contributed by atoms with Gasteiger partial charge < -0.3 is 4.74 Å². The molecule has 0 unspecified atom stereocenters. The van der Waals surface area contributed by atoms with Gasteiger partial charge in [-0.2, -0.15) is 0 Å². The van der Waals surface area contributed by atoms with E-state index in [2.05, 4.69) is 22.1 Å². The molecule has 150 valence electrons. The number of ether oxygens (including phenoxy) is 1. The first-order chi connectivity index (χ1) is 14.5. The number of rotatable bonds is 4. The van der Waals surface area contributed by atoms with E-state index in [0.29, 0.717) is 17.1 Å². The lowest BCUT2D eigenvalue weighted by atomic mass is 10.1. The molecule has 0 fully saturated rings. The fraction of sp³-hybridized carbons (Fsp3) is 0.182. The van der Waals surface area contributed by atoms with Gasteiger partial charge in [0, 0.05) is 29.5 Å². The molecule has 0 saturated carbocycles. The molecule has 0 spiro atoms. The predicted octanol–water partition coefficient (Wildman–Crippen LogP) is 3.81. The quantitative estimate of drug-likeness (QED) is 0.414. The molecule has 0 aliphatic rings. The average Bonchev–Trinajstić information content (AvgIpc) is 3.15. The van der Waals surface area contributed by atoms with Crippen molar-refractivity contribution in [1.29, 1.82) is 0 Å². The summed E-state index contributed by atoms with van der Waals surface area (Å²) in [5.74, 6) is 1.29. The Morgan fingerprint density at radius 1 is 1.03 bits per heavy atom. The smallest absolute Gasteiger partial charge is 0.258 e.